The predicted octanol–water partition coefficient (Wildman–Crippen LogP) is 0.550. The van der Waals surface area contributed by atoms with Gasteiger partial charge in [0.15, 0.2) is 0 Å². The molecule has 1 aliphatic carbocycles. The molecule has 2 atom stereocenters. The van der Waals surface area contributed by atoms with Gasteiger partial charge < -0.3 is 20.6 Å². The van der Waals surface area contributed by atoms with Crippen LogP contribution in [-0.4, -0.2) is 53.1 Å². The van der Waals surface area contributed by atoms with E-state index in [-0.39, 0.29) is 30.3 Å². The van der Waals surface area contributed by atoms with Crippen LogP contribution in [-0.2, 0) is 9.59 Å². The van der Waals surface area contributed by atoms with Gasteiger partial charge in [-0.2, -0.15) is 0 Å². The Labute approximate surface area is 124 Å². The monoisotopic (exact) mass is 297 g/mol. The number of amides is 3. The molecule has 1 heterocycles. The Morgan fingerprint density at radius 1 is 1.29 bits per heavy atom. The van der Waals surface area contributed by atoms with Crippen LogP contribution in [0.25, 0.3) is 0 Å². The van der Waals surface area contributed by atoms with Gasteiger partial charge in [-0.15, -0.1) is 0 Å². The van der Waals surface area contributed by atoms with Gasteiger partial charge in [0, 0.05) is 25.6 Å². The molecule has 0 bridgehead atoms. The molecular formula is C14H23N3O4. The Morgan fingerprint density at radius 2 is 2.00 bits per heavy atom. The number of carboxylic acids is 1. The second kappa shape index (κ2) is 6.78. The van der Waals surface area contributed by atoms with E-state index in [2.05, 4.69) is 10.6 Å². The van der Waals surface area contributed by atoms with E-state index in [1.807, 2.05) is 0 Å². The van der Waals surface area contributed by atoms with Crippen LogP contribution in [0.5, 0.6) is 0 Å². The molecule has 0 aromatic rings. The van der Waals surface area contributed by atoms with Crippen molar-refractivity contribution in [3.05, 3.63) is 0 Å². The average Bonchev–Trinajstić information content (AvgIpc) is 3.10. The second-order valence-electron chi connectivity index (χ2n) is 5.99. The second-order valence-corrected chi connectivity index (χ2v) is 5.99. The van der Waals surface area contributed by atoms with Gasteiger partial charge >= 0.3 is 12.0 Å². The van der Waals surface area contributed by atoms with Gasteiger partial charge in [-0.25, -0.2) is 4.79 Å². The lowest BCUT2D eigenvalue weighted by molar-refractivity contribution is -0.137. The van der Waals surface area contributed by atoms with Crippen molar-refractivity contribution in [2.24, 2.45) is 5.92 Å². The van der Waals surface area contributed by atoms with Crippen LogP contribution in [0.1, 0.15) is 39.0 Å². The molecule has 2 unspecified atom stereocenters. The zero-order valence-corrected chi connectivity index (χ0v) is 12.3. The van der Waals surface area contributed by atoms with Crippen LogP contribution in [0.15, 0.2) is 0 Å². The third kappa shape index (κ3) is 4.91. The topological polar surface area (TPSA) is 98.7 Å². The summed E-state index contributed by atoms with van der Waals surface area (Å²) in [6.07, 6.45) is 3.59. The number of hydrogen-bond acceptors (Lipinski definition) is 3. The molecule has 0 radical (unpaired) electrons. The Kier molecular flexibility index (Phi) is 5.03. The summed E-state index contributed by atoms with van der Waals surface area (Å²) < 4.78 is 0. The summed E-state index contributed by atoms with van der Waals surface area (Å²) in [7, 11) is 0. The van der Waals surface area contributed by atoms with E-state index in [0.717, 1.165) is 19.3 Å². The minimum atomic E-state index is -0.803. The quantitative estimate of drug-likeness (QED) is 0.666. The molecule has 0 aromatic carbocycles. The molecule has 1 aliphatic heterocycles. The number of nitrogens with one attached hydrogen (secondary N) is 2. The number of carboxylic acid groups (broad SMARTS) is 1. The summed E-state index contributed by atoms with van der Waals surface area (Å²) in [5, 5.41) is 14.2. The molecule has 2 rings (SSSR count). The van der Waals surface area contributed by atoms with E-state index in [0.29, 0.717) is 19.5 Å². The van der Waals surface area contributed by atoms with Crippen LogP contribution < -0.4 is 10.6 Å². The molecule has 0 spiro atoms. The van der Waals surface area contributed by atoms with E-state index in [1.54, 1.807) is 11.8 Å². The fraction of sp³-hybridized carbons (Fsp3) is 0.786. The summed E-state index contributed by atoms with van der Waals surface area (Å²) >= 11 is 0. The van der Waals surface area contributed by atoms with Crippen LogP contribution in [0.3, 0.4) is 0 Å². The van der Waals surface area contributed by atoms with Crippen LogP contribution >= 0.6 is 0 Å². The van der Waals surface area contributed by atoms with E-state index < -0.39 is 12.0 Å². The van der Waals surface area contributed by atoms with Gasteiger partial charge in [-0.1, -0.05) is 0 Å². The van der Waals surface area contributed by atoms with Crippen LogP contribution in [0.2, 0.25) is 0 Å². The molecule has 0 aromatic heterocycles. The lowest BCUT2D eigenvalue weighted by Gasteiger charge is -2.20. The van der Waals surface area contributed by atoms with Gasteiger partial charge in [-0.3, -0.25) is 9.59 Å². The summed E-state index contributed by atoms with van der Waals surface area (Å²) in [5.41, 5.74) is 0. The molecular weight excluding hydrogens is 274 g/mol. The number of hydrogen-bond donors (Lipinski definition) is 3. The fourth-order valence-electron chi connectivity index (χ4n) is 2.48. The highest BCUT2D eigenvalue weighted by atomic mass is 16.4. The van der Waals surface area contributed by atoms with Crippen molar-refractivity contribution in [1.82, 2.24) is 15.5 Å². The molecule has 7 nitrogen and oxygen atoms in total. The molecule has 21 heavy (non-hydrogen) atoms. The molecule has 2 aliphatic rings. The Bertz CT molecular complexity index is 422. The van der Waals surface area contributed by atoms with Gasteiger partial charge in [0.2, 0.25) is 5.91 Å². The number of carbonyl (C=O) groups is 3. The number of nitrogens with zero attached hydrogens (tertiary/aromatic N) is 1. The van der Waals surface area contributed by atoms with Crippen molar-refractivity contribution in [2.75, 3.05) is 13.1 Å². The van der Waals surface area contributed by atoms with Crippen molar-refractivity contribution in [1.29, 1.82) is 0 Å². The molecule has 7 heteroatoms. The average molecular weight is 297 g/mol. The van der Waals surface area contributed by atoms with Gasteiger partial charge in [-0.05, 0) is 38.5 Å². The van der Waals surface area contributed by atoms with E-state index in [4.69, 9.17) is 5.11 Å². The maximum Gasteiger partial charge on any atom is 0.318 e. The summed E-state index contributed by atoms with van der Waals surface area (Å²) in [6, 6.07) is -0.508. The summed E-state index contributed by atoms with van der Waals surface area (Å²) in [4.78, 5) is 36.0. The Balaban J connectivity index is 1.70. The molecule has 3 N–H and O–H groups in total. The summed E-state index contributed by atoms with van der Waals surface area (Å²) in [6.45, 7) is 2.86. The number of rotatable bonds is 6. The van der Waals surface area contributed by atoms with Crippen molar-refractivity contribution in [3.8, 4) is 0 Å². The Morgan fingerprint density at radius 3 is 2.62 bits per heavy atom. The first-order valence-corrected chi connectivity index (χ1v) is 7.53. The van der Waals surface area contributed by atoms with Gasteiger partial charge in [0.1, 0.15) is 6.04 Å². The van der Waals surface area contributed by atoms with Gasteiger partial charge in [0.25, 0.3) is 0 Å². The highest BCUT2D eigenvalue weighted by Crippen LogP contribution is 2.21. The number of aliphatic carboxylic acids is 1. The maximum absolute atomic E-state index is 12.1. The van der Waals surface area contributed by atoms with Crippen molar-refractivity contribution < 1.29 is 19.5 Å². The number of likely N-dealkylation sites (tertiary alicyclic amines) is 1. The van der Waals surface area contributed by atoms with E-state index >= 15 is 0 Å². The Hall–Kier alpha value is -1.79. The largest absolute Gasteiger partial charge is 0.481 e. The van der Waals surface area contributed by atoms with Crippen molar-refractivity contribution in [3.63, 3.8) is 0 Å². The smallest absolute Gasteiger partial charge is 0.318 e. The maximum atomic E-state index is 12.1. The molecule has 3 amide bonds. The van der Waals surface area contributed by atoms with Crippen molar-refractivity contribution in [2.45, 2.75) is 51.1 Å². The van der Waals surface area contributed by atoms with Crippen LogP contribution in [0.4, 0.5) is 4.79 Å². The first-order valence-electron chi connectivity index (χ1n) is 7.53. The number of carbonyl (C=O) groups excluding carboxylic acids is 2. The minimum Gasteiger partial charge on any atom is -0.481 e. The first kappa shape index (κ1) is 15.6. The lowest BCUT2D eigenvalue weighted by atomic mass is 10.0. The SMILES string of the molecule is CC(NC(=O)N1CCC(CCC(=O)O)C1)C(=O)NC1CC1. The standard InChI is InChI=1S/C14H23N3O4/c1-9(13(20)16-11-3-4-11)15-14(21)17-7-6-10(8-17)2-5-12(18)19/h9-11H,2-8H2,1H3,(H,15,21)(H,16,20)(H,18,19). The highest BCUT2D eigenvalue weighted by molar-refractivity contribution is 5.87. The lowest BCUT2D eigenvalue weighted by Crippen LogP contribution is -2.49. The van der Waals surface area contributed by atoms with Crippen molar-refractivity contribution >= 4 is 17.9 Å². The fourth-order valence-corrected chi connectivity index (χ4v) is 2.48. The number of urea groups is 1. The zero-order chi connectivity index (χ0) is 15.4. The molecule has 1 saturated heterocycles. The van der Waals surface area contributed by atoms with Crippen LogP contribution in [0, 0.1) is 5.92 Å². The van der Waals surface area contributed by atoms with E-state index in [1.165, 1.54) is 0 Å². The normalized spacial score (nSPS) is 22.7. The first-order chi connectivity index (χ1) is 9.95. The molecule has 2 fully saturated rings. The third-order valence-corrected chi connectivity index (χ3v) is 4.00. The zero-order valence-electron chi connectivity index (χ0n) is 12.3. The predicted molar refractivity (Wildman–Crippen MR) is 75.7 cm³/mol. The minimum absolute atomic E-state index is 0.139. The molecule has 118 valence electrons. The van der Waals surface area contributed by atoms with E-state index in [9.17, 15) is 14.4 Å². The summed E-state index contributed by atoms with van der Waals surface area (Å²) in [5.74, 6) is -0.710. The molecule has 1 saturated carbocycles. The third-order valence-electron chi connectivity index (χ3n) is 4.00. The van der Waals surface area contributed by atoms with Gasteiger partial charge in [0.05, 0.1) is 0 Å². The highest BCUT2D eigenvalue weighted by Gasteiger charge is 2.30.